The number of nitrogens with one attached hydrogen (secondary N) is 2. The Labute approximate surface area is 252 Å². The molecule has 2 N–H and O–H groups in total. The molecule has 2 heterocycles. The van der Waals surface area contributed by atoms with E-state index < -0.39 is 24.9 Å². The maximum atomic E-state index is 13.7. The Kier molecular flexibility index (Phi) is 10.4. The molecular formula is C31H52BN3O7. The number of hydrogen-bond donors (Lipinski definition) is 2. The summed E-state index contributed by atoms with van der Waals surface area (Å²) in [5.74, 6) is 0.260. The maximum absolute atomic E-state index is 13.7. The van der Waals surface area contributed by atoms with E-state index >= 15 is 0 Å². The number of methoxy groups -OCH3 is 1. The number of hydrogen-bond acceptors (Lipinski definition) is 7. The van der Waals surface area contributed by atoms with Gasteiger partial charge in [0.2, 0.25) is 11.8 Å². The topological polar surface area (TPSA) is 115 Å². The molecule has 236 valence electrons. The predicted octanol–water partition coefficient (Wildman–Crippen LogP) is 4.02. The third kappa shape index (κ3) is 7.33. The number of carbonyl (C=O) groups is 3. The van der Waals surface area contributed by atoms with E-state index in [0.29, 0.717) is 31.4 Å². The quantitative estimate of drug-likeness (QED) is 0.201. The van der Waals surface area contributed by atoms with Crippen molar-refractivity contribution in [2.45, 2.75) is 122 Å². The number of amides is 3. The summed E-state index contributed by atoms with van der Waals surface area (Å²) in [6.07, 6.45) is 10.5. The number of nitrogens with zero attached hydrogens (tertiary/aromatic N) is 1. The van der Waals surface area contributed by atoms with Crippen LogP contribution in [0.2, 0.25) is 0 Å². The summed E-state index contributed by atoms with van der Waals surface area (Å²) in [5, 5.41) is 5.76. The van der Waals surface area contributed by atoms with Gasteiger partial charge in [0.15, 0.2) is 0 Å². The SMILES string of the molecule is COC/C=C/CCCCC(NC(=O)C1CCCN1C(=O)CNC(=O)OC(C)(C)C)B1OC2CC3CC(C3(C)C)C2(C)O1. The minimum atomic E-state index is -0.659. The number of likely N-dealkylation sites (tertiary alicyclic amines) is 1. The van der Waals surface area contributed by atoms with E-state index in [-0.39, 0.29) is 41.4 Å². The zero-order valence-electron chi connectivity index (χ0n) is 26.7. The Balaban J connectivity index is 1.38. The van der Waals surface area contributed by atoms with Gasteiger partial charge in [-0.2, -0.15) is 0 Å². The van der Waals surface area contributed by atoms with Gasteiger partial charge >= 0.3 is 13.2 Å². The Morgan fingerprint density at radius 3 is 2.60 bits per heavy atom. The van der Waals surface area contributed by atoms with Crippen LogP contribution in [0.15, 0.2) is 12.2 Å². The summed E-state index contributed by atoms with van der Waals surface area (Å²) >= 11 is 0. The molecule has 0 radical (unpaired) electrons. The molecule has 5 rings (SSSR count). The summed E-state index contributed by atoms with van der Waals surface area (Å²) in [6, 6.07) is -0.594. The lowest BCUT2D eigenvalue weighted by atomic mass is 9.43. The van der Waals surface area contributed by atoms with E-state index in [1.165, 1.54) is 0 Å². The first-order chi connectivity index (χ1) is 19.8. The molecule has 6 atom stereocenters. The van der Waals surface area contributed by atoms with Crippen LogP contribution >= 0.6 is 0 Å². The lowest BCUT2D eigenvalue weighted by Gasteiger charge is -2.64. The van der Waals surface area contributed by atoms with E-state index in [2.05, 4.69) is 37.5 Å². The molecule has 0 aromatic rings. The van der Waals surface area contributed by atoms with Crippen LogP contribution in [0.3, 0.4) is 0 Å². The lowest BCUT2D eigenvalue weighted by Crippen LogP contribution is -2.65. The molecule has 3 amide bonds. The molecule has 6 unspecified atom stereocenters. The minimum absolute atomic E-state index is 0.0270. The van der Waals surface area contributed by atoms with E-state index in [1.54, 1.807) is 32.8 Å². The molecule has 2 saturated heterocycles. The number of unbranched alkanes of at least 4 members (excludes halogenated alkanes) is 2. The first-order valence-corrected chi connectivity index (χ1v) is 15.8. The summed E-state index contributed by atoms with van der Waals surface area (Å²) < 4.78 is 23.6. The Bertz CT molecular complexity index is 1010. The van der Waals surface area contributed by atoms with Gasteiger partial charge in [-0.25, -0.2) is 4.79 Å². The third-order valence-electron chi connectivity index (χ3n) is 9.85. The summed E-state index contributed by atoms with van der Waals surface area (Å²) in [4.78, 5) is 40.3. The van der Waals surface area contributed by atoms with E-state index in [0.717, 1.165) is 44.9 Å². The van der Waals surface area contributed by atoms with Crippen molar-refractivity contribution in [1.29, 1.82) is 0 Å². The van der Waals surface area contributed by atoms with Crippen molar-refractivity contribution in [2.75, 3.05) is 26.8 Å². The Morgan fingerprint density at radius 1 is 1.14 bits per heavy atom. The molecule has 0 spiro atoms. The van der Waals surface area contributed by atoms with Gasteiger partial charge in [0.25, 0.3) is 0 Å². The molecule has 10 nitrogen and oxygen atoms in total. The van der Waals surface area contributed by atoms with E-state index in [1.807, 2.05) is 6.08 Å². The summed E-state index contributed by atoms with van der Waals surface area (Å²) in [7, 11) is 1.15. The van der Waals surface area contributed by atoms with E-state index in [9.17, 15) is 14.4 Å². The van der Waals surface area contributed by atoms with Crippen molar-refractivity contribution >= 4 is 25.0 Å². The number of alkyl carbamates (subject to hydrolysis) is 1. The van der Waals surface area contributed by atoms with Crippen molar-refractivity contribution in [1.82, 2.24) is 15.5 Å². The molecular weight excluding hydrogens is 537 g/mol. The monoisotopic (exact) mass is 589 g/mol. The fraction of sp³-hybridized carbons (Fsp3) is 0.839. The zero-order valence-corrected chi connectivity index (χ0v) is 26.7. The van der Waals surface area contributed by atoms with Crippen LogP contribution in [-0.4, -0.2) is 86.0 Å². The highest BCUT2D eigenvalue weighted by atomic mass is 16.7. The molecule has 3 saturated carbocycles. The van der Waals surface area contributed by atoms with Crippen LogP contribution < -0.4 is 10.6 Å². The van der Waals surface area contributed by atoms with Gasteiger partial charge in [-0.3, -0.25) is 9.59 Å². The summed E-state index contributed by atoms with van der Waals surface area (Å²) in [5.41, 5.74) is -0.792. The van der Waals surface area contributed by atoms with Gasteiger partial charge in [-0.05, 0) is 89.9 Å². The van der Waals surface area contributed by atoms with Crippen LogP contribution in [-0.2, 0) is 28.4 Å². The third-order valence-corrected chi connectivity index (χ3v) is 9.85. The first kappa shape index (κ1) is 32.8. The second-order valence-corrected chi connectivity index (χ2v) is 14.3. The van der Waals surface area contributed by atoms with Crippen LogP contribution in [0, 0.1) is 17.3 Å². The second kappa shape index (κ2) is 13.3. The molecule has 0 aromatic heterocycles. The summed E-state index contributed by atoms with van der Waals surface area (Å²) in [6.45, 7) is 13.0. The largest absolute Gasteiger partial charge is 0.481 e. The number of rotatable bonds is 12. The molecule has 2 aliphatic heterocycles. The van der Waals surface area contributed by atoms with Crippen LogP contribution in [0.1, 0.15) is 92.9 Å². The standard InChI is InChI=1S/C31H52BN3O7/c1-29(2,3)40-28(38)33-20-26(36)35-16-13-14-22(35)27(37)34-25(15-11-9-8-10-12-17-39-7)32-41-24-19-21-18-23(30(21,4)5)31(24,6)42-32/h10,12,21-25H,8-9,11,13-20H2,1-7H3,(H,33,38)(H,34,37)/b12-10+. The minimum Gasteiger partial charge on any atom is -0.444 e. The van der Waals surface area contributed by atoms with Crippen molar-refractivity contribution in [3.05, 3.63) is 12.2 Å². The second-order valence-electron chi connectivity index (χ2n) is 14.3. The van der Waals surface area contributed by atoms with Gasteiger partial charge in [-0.1, -0.05) is 32.4 Å². The number of ether oxygens (including phenoxy) is 2. The fourth-order valence-corrected chi connectivity index (χ4v) is 7.44. The van der Waals surface area contributed by atoms with Crippen molar-refractivity contribution < 1.29 is 33.2 Å². The van der Waals surface area contributed by atoms with Crippen LogP contribution in [0.4, 0.5) is 4.79 Å². The van der Waals surface area contributed by atoms with Crippen LogP contribution in [0.5, 0.6) is 0 Å². The highest BCUT2D eigenvalue weighted by molar-refractivity contribution is 6.47. The molecule has 11 heteroatoms. The van der Waals surface area contributed by atoms with Gasteiger partial charge in [-0.15, -0.1) is 0 Å². The van der Waals surface area contributed by atoms with Gasteiger partial charge in [0.1, 0.15) is 18.2 Å². The highest BCUT2D eigenvalue weighted by Crippen LogP contribution is 2.65. The Hall–Kier alpha value is -2.11. The van der Waals surface area contributed by atoms with Crippen molar-refractivity contribution in [3.8, 4) is 0 Å². The van der Waals surface area contributed by atoms with Crippen LogP contribution in [0.25, 0.3) is 0 Å². The smallest absolute Gasteiger partial charge is 0.444 e. The molecule has 2 bridgehead atoms. The molecule has 42 heavy (non-hydrogen) atoms. The normalized spacial score (nSPS) is 30.5. The average molecular weight is 590 g/mol. The molecule has 3 aliphatic carbocycles. The van der Waals surface area contributed by atoms with Crippen molar-refractivity contribution in [3.63, 3.8) is 0 Å². The fourth-order valence-electron chi connectivity index (χ4n) is 7.44. The highest BCUT2D eigenvalue weighted by Gasteiger charge is 2.68. The van der Waals surface area contributed by atoms with Crippen molar-refractivity contribution in [2.24, 2.45) is 17.3 Å². The zero-order chi connectivity index (χ0) is 30.7. The average Bonchev–Trinajstić information content (AvgIpc) is 3.54. The molecule has 5 aliphatic rings. The number of carbonyl (C=O) groups excluding carboxylic acids is 3. The molecule has 0 aromatic carbocycles. The number of allylic oxidation sites excluding steroid dienone is 1. The van der Waals surface area contributed by atoms with E-state index in [4.69, 9.17) is 18.8 Å². The van der Waals surface area contributed by atoms with Gasteiger partial charge in [0, 0.05) is 13.7 Å². The Morgan fingerprint density at radius 2 is 1.90 bits per heavy atom. The van der Waals surface area contributed by atoms with Gasteiger partial charge in [0.05, 0.1) is 24.3 Å². The first-order valence-electron chi connectivity index (χ1n) is 15.8. The van der Waals surface area contributed by atoms with Gasteiger partial charge < -0.3 is 34.3 Å². The predicted molar refractivity (Wildman–Crippen MR) is 160 cm³/mol. The lowest BCUT2D eigenvalue weighted by molar-refractivity contribution is -0.199. The maximum Gasteiger partial charge on any atom is 0.481 e. The molecule has 5 fully saturated rings.